The van der Waals surface area contributed by atoms with Crippen LogP contribution in [0, 0.1) is 11.2 Å². The highest BCUT2D eigenvalue weighted by molar-refractivity contribution is 14.0. The van der Waals surface area contributed by atoms with Gasteiger partial charge in [0, 0.05) is 26.4 Å². The van der Waals surface area contributed by atoms with Gasteiger partial charge in [0.25, 0.3) is 0 Å². The fourth-order valence-corrected chi connectivity index (χ4v) is 3.74. The van der Waals surface area contributed by atoms with Crippen LogP contribution in [0.5, 0.6) is 11.5 Å². The molecular weight excluding hydrogens is 544 g/mol. The molecule has 6 nitrogen and oxygen atoms in total. The molecule has 0 amide bonds. The maximum absolute atomic E-state index is 14.4. The van der Waals surface area contributed by atoms with E-state index in [1.165, 1.54) is 12.3 Å². The van der Waals surface area contributed by atoms with Gasteiger partial charge in [0.05, 0.1) is 5.75 Å². The van der Waals surface area contributed by atoms with Crippen molar-refractivity contribution in [1.29, 1.82) is 0 Å². The van der Waals surface area contributed by atoms with Crippen LogP contribution >= 0.6 is 24.0 Å². The third-order valence-electron chi connectivity index (χ3n) is 4.78. The number of nitrogens with zero attached hydrogens (tertiary/aromatic N) is 1. The fourth-order valence-electron chi connectivity index (χ4n) is 2.82. The summed E-state index contributed by atoms with van der Waals surface area (Å²) in [6.45, 7) is 5.19. The first-order chi connectivity index (χ1) is 14.6. The van der Waals surface area contributed by atoms with Gasteiger partial charge in [0.2, 0.25) is 0 Å². The summed E-state index contributed by atoms with van der Waals surface area (Å²) in [6.07, 6.45) is 2.42. The number of guanidine groups is 1. The van der Waals surface area contributed by atoms with Gasteiger partial charge in [0.15, 0.2) is 17.5 Å². The van der Waals surface area contributed by atoms with Crippen molar-refractivity contribution in [2.24, 2.45) is 10.4 Å². The van der Waals surface area contributed by atoms with Crippen LogP contribution in [0.4, 0.5) is 4.39 Å². The molecule has 0 aromatic heterocycles. The van der Waals surface area contributed by atoms with E-state index in [-0.39, 0.29) is 40.9 Å². The van der Waals surface area contributed by atoms with Gasteiger partial charge in [-0.2, -0.15) is 0 Å². The second kappa shape index (κ2) is 13.0. The minimum absolute atomic E-state index is 0. The molecule has 9 heteroatoms. The van der Waals surface area contributed by atoms with Crippen LogP contribution in [0.25, 0.3) is 0 Å². The molecule has 2 N–H and O–H groups in total. The lowest BCUT2D eigenvalue weighted by Crippen LogP contribution is -2.43. The Kier molecular flexibility index (Phi) is 11.4. The Morgan fingerprint density at radius 3 is 2.41 bits per heavy atom. The molecule has 0 saturated heterocycles. The largest absolute Gasteiger partial charge is 0.454 e. The van der Waals surface area contributed by atoms with Crippen LogP contribution < -0.4 is 15.4 Å². The number of hydrogen-bond donors (Lipinski definition) is 2. The first kappa shape index (κ1) is 28.2. The smallest absolute Gasteiger partial charge is 0.191 e. The zero-order valence-electron chi connectivity index (χ0n) is 19.0. The predicted octanol–water partition coefficient (Wildman–Crippen LogP) is 4.40. The number of aliphatic imine (C=N–C) groups is 1. The quantitative estimate of drug-likeness (QED) is 0.249. The lowest BCUT2D eigenvalue weighted by atomic mass is 9.90. The highest BCUT2D eigenvalue weighted by Gasteiger charge is 2.20. The van der Waals surface area contributed by atoms with E-state index in [9.17, 15) is 12.8 Å². The maximum atomic E-state index is 14.4. The number of hydrogen-bond acceptors (Lipinski definition) is 4. The van der Waals surface area contributed by atoms with Crippen molar-refractivity contribution in [2.75, 3.05) is 32.1 Å². The van der Waals surface area contributed by atoms with E-state index in [1.807, 2.05) is 38.1 Å². The zero-order valence-corrected chi connectivity index (χ0v) is 22.2. The van der Waals surface area contributed by atoms with Crippen LogP contribution in [0.1, 0.15) is 25.8 Å². The van der Waals surface area contributed by atoms with Crippen LogP contribution in [-0.2, 0) is 16.3 Å². The van der Waals surface area contributed by atoms with Gasteiger partial charge in [-0.3, -0.25) is 4.99 Å². The number of para-hydroxylation sites is 1. The number of benzene rings is 2. The van der Waals surface area contributed by atoms with E-state index in [0.717, 1.165) is 5.56 Å². The molecule has 178 valence electrons. The summed E-state index contributed by atoms with van der Waals surface area (Å²) in [5, 5.41) is 6.43. The van der Waals surface area contributed by atoms with Crippen molar-refractivity contribution in [3.8, 4) is 11.5 Å². The molecule has 0 aliphatic rings. The summed E-state index contributed by atoms with van der Waals surface area (Å²) in [5.74, 6) is 1.15. The second-order valence-corrected chi connectivity index (χ2v) is 10.6. The van der Waals surface area contributed by atoms with Crippen molar-refractivity contribution in [3.63, 3.8) is 0 Å². The Bertz CT molecular complexity index is 983. The molecule has 0 aliphatic carbocycles. The Labute approximate surface area is 208 Å². The van der Waals surface area contributed by atoms with Crippen LogP contribution in [0.3, 0.4) is 0 Å². The number of ether oxygens (including phenoxy) is 1. The van der Waals surface area contributed by atoms with Crippen molar-refractivity contribution in [1.82, 2.24) is 10.6 Å². The molecule has 2 aromatic rings. The van der Waals surface area contributed by atoms with Gasteiger partial charge in [-0.25, -0.2) is 12.8 Å². The fraction of sp³-hybridized carbons (Fsp3) is 0.435. The molecule has 0 heterocycles. The highest BCUT2D eigenvalue weighted by Crippen LogP contribution is 2.25. The maximum Gasteiger partial charge on any atom is 0.191 e. The SMILES string of the molecule is CN=C(NCCc1ccc(Oc2ccccc2)c(F)c1)NCC(C)(C)CCS(C)(=O)=O.I. The van der Waals surface area contributed by atoms with Gasteiger partial charge in [0.1, 0.15) is 15.6 Å². The lowest BCUT2D eigenvalue weighted by molar-refractivity contribution is 0.348. The first-order valence-corrected chi connectivity index (χ1v) is 12.3. The molecule has 2 aromatic carbocycles. The van der Waals surface area contributed by atoms with Gasteiger partial charge < -0.3 is 15.4 Å². The minimum Gasteiger partial charge on any atom is -0.454 e. The standard InChI is InChI=1S/C23H32FN3O3S.HI/c1-23(2,13-15-31(4,28)29)17-27-22(25-3)26-14-12-18-10-11-21(20(24)16-18)30-19-8-6-5-7-9-19;/h5-11,16H,12-15,17H2,1-4H3,(H2,25,26,27);1H. The van der Waals surface area contributed by atoms with E-state index >= 15 is 0 Å². The van der Waals surface area contributed by atoms with E-state index in [1.54, 1.807) is 25.2 Å². The Morgan fingerprint density at radius 2 is 1.81 bits per heavy atom. The van der Waals surface area contributed by atoms with Gasteiger partial charge in [-0.15, -0.1) is 24.0 Å². The van der Waals surface area contributed by atoms with E-state index in [0.29, 0.717) is 37.6 Å². The highest BCUT2D eigenvalue weighted by atomic mass is 127. The van der Waals surface area contributed by atoms with Crippen molar-refractivity contribution in [3.05, 3.63) is 59.9 Å². The molecule has 32 heavy (non-hydrogen) atoms. The zero-order chi connectivity index (χ0) is 22.9. The Balaban J connectivity index is 0.00000512. The summed E-state index contributed by atoms with van der Waals surface area (Å²) in [6, 6.07) is 14.0. The molecule has 0 atom stereocenters. The number of nitrogens with one attached hydrogen (secondary N) is 2. The molecule has 0 spiro atoms. The lowest BCUT2D eigenvalue weighted by Gasteiger charge is -2.25. The van der Waals surface area contributed by atoms with E-state index < -0.39 is 15.7 Å². The summed E-state index contributed by atoms with van der Waals surface area (Å²) in [4.78, 5) is 4.19. The van der Waals surface area contributed by atoms with Crippen molar-refractivity contribution in [2.45, 2.75) is 26.7 Å². The Hall–Kier alpha value is -1.88. The number of halogens is 2. The van der Waals surface area contributed by atoms with Gasteiger partial charge in [-0.1, -0.05) is 38.1 Å². The summed E-state index contributed by atoms with van der Waals surface area (Å²) < 4.78 is 42.7. The molecule has 0 radical (unpaired) electrons. The van der Waals surface area contributed by atoms with E-state index in [4.69, 9.17) is 4.74 Å². The van der Waals surface area contributed by atoms with Crippen molar-refractivity contribution >= 4 is 39.8 Å². The summed E-state index contributed by atoms with van der Waals surface area (Å²) in [7, 11) is -1.31. The van der Waals surface area contributed by atoms with Crippen LogP contribution in [0.15, 0.2) is 53.5 Å². The van der Waals surface area contributed by atoms with Gasteiger partial charge in [-0.05, 0) is 48.1 Å². The number of sulfone groups is 1. The minimum atomic E-state index is -2.98. The topological polar surface area (TPSA) is 79.8 Å². The van der Waals surface area contributed by atoms with Gasteiger partial charge >= 0.3 is 0 Å². The summed E-state index contributed by atoms with van der Waals surface area (Å²) >= 11 is 0. The molecule has 0 saturated carbocycles. The third kappa shape index (κ3) is 10.6. The van der Waals surface area contributed by atoms with Crippen LogP contribution in [0.2, 0.25) is 0 Å². The second-order valence-electron chi connectivity index (χ2n) is 8.33. The van der Waals surface area contributed by atoms with Crippen LogP contribution in [-0.4, -0.2) is 46.5 Å². The number of rotatable bonds is 10. The monoisotopic (exact) mass is 577 g/mol. The summed E-state index contributed by atoms with van der Waals surface area (Å²) in [5.41, 5.74) is 0.646. The molecule has 0 unspecified atom stereocenters. The van der Waals surface area contributed by atoms with E-state index in [2.05, 4.69) is 15.6 Å². The predicted molar refractivity (Wildman–Crippen MR) is 140 cm³/mol. The third-order valence-corrected chi connectivity index (χ3v) is 5.73. The van der Waals surface area contributed by atoms with Crippen molar-refractivity contribution < 1.29 is 17.5 Å². The molecular formula is C23H33FIN3O3S. The average Bonchev–Trinajstić information content (AvgIpc) is 2.71. The first-order valence-electron chi connectivity index (χ1n) is 10.2. The normalized spacial score (nSPS) is 12.1. The Morgan fingerprint density at radius 1 is 1.12 bits per heavy atom. The average molecular weight is 578 g/mol. The molecule has 0 bridgehead atoms. The molecule has 0 fully saturated rings. The molecule has 0 aliphatic heterocycles. The molecule has 2 rings (SSSR count).